The maximum Gasteiger partial charge on any atom is 0.133 e. The van der Waals surface area contributed by atoms with E-state index in [-0.39, 0.29) is 0 Å². The Morgan fingerprint density at radius 3 is 2.82 bits per heavy atom. The van der Waals surface area contributed by atoms with E-state index in [1.54, 1.807) is 12.4 Å². The van der Waals surface area contributed by atoms with Gasteiger partial charge in [0.15, 0.2) is 0 Å². The zero-order valence-electron chi connectivity index (χ0n) is 9.64. The smallest absolute Gasteiger partial charge is 0.133 e. The number of pyridine rings is 1. The molecule has 0 radical (unpaired) electrons. The number of hydrogen-bond donors (Lipinski definition) is 1. The minimum atomic E-state index is 0.627. The summed E-state index contributed by atoms with van der Waals surface area (Å²) in [4.78, 5) is 6.00. The third-order valence-corrected chi connectivity index (χ3v) is 2.94. The molecule has 17 heavy (non-hydrogen) atoms. The lowest BCUT2D eigenvalue weighted by molar-refractivity contribution is 0.390. The molecule has 0 unspecified atom stereocenters. The Bertz CT molecular complexity index is 506. The molecule has 5 nitrogen and oxygen atoms in total. The van der Waals surface area contributed by atoms with Crippen molar-refractivity contribution in [1.82, 2.24) is 10.1 Å². The van der Waals surface area contributed by atoms with Crippen LogP contribution >= 0.6 is 15.9 Å². The minimum absolute atomic E-state index is 0.627. The van der Waals surface area contributed by atoms with Crippen LogP contribution in [0.5, 0.6) is 0 Å². The number of nitrogens with zero attached hydrogens (tertiary/aromatic N) is 3. The zero-order chi connectivity index (χ0) is 12.4. The van der Waals surface area contributed by atoms with E-state index in [0.29, 0.717) is 12.2 Å². The van der Waals surface area contributed by atoms with Crippen LogP contribution in [0.1, 0.15) is 11.5 Å². The van der Waals surface area contributed by atoms with Gasteiger partial charge in [0.1, 0.15) is 11.5 Å². The zero-order valence-corrected chi connectivity index (χ0v) is 11.2. The maximum atomic E-state index is 5.90. The second-order valence-electron chi connectivity index (χ2n) is 3.84. The third kappa shape index (κ3) is 2.58. The Morgan fingerprint density at radius 2 is 2.24 bits per heavy atom. The molecule has 2 heterocycles. The molecule has 2 aromatic heterocycles. The van der Waals surface area contributed by atoms with Gasteiger partial charge in [-0.3, -0.25) is 4.98 Å². The van der Waals surface area contributed by atoms with Gasteiger partial charge in [-0.2, -0.15) is 0 Å². The van der Waals surface area contributed by atoms with Crippen molar-refractivity contribution in [3.8, 4) is 0 Å². The fourth-order valence-electron chi connectivity index (χ4n) is 1.66. The number of hydrogen-bond acceptors (Lipinski definition) is 5. The van der Waals surface area contributed by atoms with Gasteiger partial charge >= 0.3 is 0 Å². The molecule has 2 aromatic rings. The molecule has 0 atom stereocenters. The Kier molecular flexibility index (Phi) is 3.33. The average Bonchev–Trinajstić information content (AvgIpc) is 2.63. The van der Waals surface area contributed by atoms with Crippen LogP contribution < -0.4 is 10.6 Å². The molecular formula is C11H13BrN4O. The van der Waals surface area contributed by atoms with E-state index in [1.165, 1.54) is 0 Å². The Labute approximate surface area is 108 Å². The van der Waals surface area contributed by atoms with E-state index < -0.39 is 0 Å². The lowest BCUT2D eigenvalue weighted by Crippen LogP contribution is -2.18. The molecule has 0 aromatic carbocycles. The molecule has 0 spiro atoms. The van der Waals surface area contributed by atoms with Crippen LogP contribution in [0.2, 0.25) is 0 Å². The lowest BCUT2D eigenvalue weighted by Gasteiger charge is -2.20. The van der Waals surface area contributed by atoms with Crippen LogP contribution in [-0.4, -0.2) is 17.2 Å². The van der Waals surface area contributed by atoms with Crippen molar-refractivity contribution in [1.29, 1.82) is 0 Å². The predicted octanol–water partition coefficient (Wildman–Crippen LogP) is 2.36. The quantitative estimate of drug-likeness (QED) is 0.942. The second-order valence-corrected chi connectivity index (χ2v) is 4.70. The fraction of sp³-hybridized carbons (Fsp3) is 0.273. The van der Waals surface area contributed by atoms with E-state index in [9.17, 15) is 0 Å². The van der Waals surface area contributed by atoms with Crippen LogP contribution in [0, 0.1) is 6.92 Å². The first-order valence-electron chi connectivity index (χ1n) is 5.10. The summed E-state index contributed by atoms with van der Waals surface area (Å²) in [5.74, 6) is 0.801. The topological polar surface area (TPSA) is 68.2 Å². The third-order valence-electron chi connectivity index (χ3n) is 2.36. The van der Waals surface area contributed by atoms with Gasteiger partial charge in [0.05, 0.1) is 28.6 Å². The van der Waals surface area contributed by atoms with Gasteiger partial charge in [-0.25, -0.2) is 0 Å². The second kappa shape index (κ2) is 4.75. The van der Waals surface area contributed by atoms with Crippen molar-refractivity contribution >= 4 is 27.3 Å². The van der Waals surface area contributed by atoms with Crippen LogP contribution in [0.4, 0.5) is 11.4 Å². The van der Waals surface area contributed by atoms with Gasteiger partial charge < -0.3 is 15.2 Å². The number of aromatic nitrogens is 2. The van der Waals surface area contributed by atoms with Crippen molar-refractivity contribution in [2.75, 3.05) is 17.7 Å². The summed E-state index contributed by atoms with van der Waals surface area (Å²) in [6, 6.07) is 1.90. The van der Waals surface area contributed by atoms with Crippen molar-refractivity contribution in [3.63, 3.8) is 0 Å². The minimum Gasteiger partial charge on any atom is -0.396 e. The maximum absolute atomic E-state index is 5.90. The molecular weight excluding hydrogens is 284 g/mol. The van der Waals surface area contributed by atoms with Gasteiger partial charge in [0, 0.05) is 19.3 Å². The summed E-state index contributed by atoms with van der Waals surface area (Å²) >= 11 is 3.44. The molecule has 2 N–H and O–H groups in total. The van der Waals surface area contributed by atoms with E-state index in [0.717, 1.165) is 21.6 Å². The summed E-state index contributed by atoms with van der Waals surface area (Å²) in [6.07, 6.45) is 3.35. The molecule has 0 aliphatic rings. The standard InChI is InChI=1S/C11H13BrN4O/c1-7-3-8(15-17-7)6-16(2)11-9(12)4-14-5-10(11)13/h3-5H,6,13H2,1-2H3. The summed E-state index contributed by atoms with van der Waals surface area (Å²) in [5.41, 5.74) is 8.30. The highest BCUT2D eigenvalue weighted by Crippen LogP contribution is 2.31. The highest BCUT2D eigenvalue weighted by atomic mass is 79.9. The van der Waals surface area contributed by atoms with Gasteiger partial charge in [-0.15, -0.1) is 0 Å². The highest BCUT2D eigenvalue weighted by Gasteiger charge is 2.12. The molecule has 0 fully saturated rings. The molecule has 0 saturated carbocycles. The Morgan fingerprint density at radius 1 is 1.47 bits per heavy atom. The van der Waals surface area contributed by atoms with Gasteiger partial charge in [0.2, 0.25) is 0 Å². The molecule has 90 valence electrons. The van der Waals surface area contributed by atoms with Crippen LogP contribution in [0.15, 0.2) is 27.5 Å². The Hall–Kier alpha value is -1.56. The monoisotopic (exact) mass is 296 g/mol. The normalized spacial score (nSPS) is 10.5. The van der Waals surface area contributed by atoms with Gasteiger partial charge in [-0.05, 0) is 22.9 Å². The number of aryl methyl sites for hydroxylation is 1. The number of anilines is 2. The number of nitrogen functional groups attached to an aromatic ring is 1. The SMILES string of the molecule is Cc1cc(CN(C)c2c(N)cncc2Br)no1. The first-order valence-corrected chi connectivity index (χ1v) is 5.89. The van der Waals surface area contributed by atoms with Gasteiger partial charge in [-0.1, -0.05) is 5.16 Å². The highest BCUT2D eigenvalue weighted by molar-refractivity contribution is 9.10. The molecule has 6 heteroatoms. The van der Waals surface area contributed by atoms with E-state index in [2.05, 4.69) is 26.1 Å². The number of nitrogens with two attached hydrogens (primary N) is 1. The van der Waals surface area contributed by atoms with E-state index in [1.807, 2.05) is 24.9 Å². The first kappa shape index (κ1) is 11.9. The summed E-state index contributed by atoms with van der Waals surface area (Å²) < 4.78 is 5.89. The number of rotatable bonds is 3. The van der Waals surface area contributed by atoms with Gasteiger partial charge in [0.25, 0.3) is 0 Å². The van der Waals surface area contributed by atoms with Crippen LogP contribution in [0.3, 0.4) is 0 Å². The molecule has 0 bridgehead atoms. The largest absolute Gasteiger partial charge is 0.396 e. The summed E-state index contributed by atoms with van der Waals surface area (Å²) in [7, 11) is 1.94. The lowest BCUT2D eigenvalue weighted by atomic mass is 10.3. The van der Waals surface area contributed by atoms with Crippen LogP contribution in [-0.2, 0) is 6.54 Å². The molecule has 2 rings (SSSR count). The molecule has 0 saturated heterocycles. The molecule has 0 aliphatic carbocycles. The summed E-state index contributed by atoms with van der Waals surface area (Å²) in [5, 5.41) is 3.95. The van der Waals surface area contributed by atoms with Crippen molar-refractivity contribution in [2.24, 2.45) is 0 Å². The van der Waals surface area contributed by atoms with E-state index >= 15 is 0 Å². The fourth-order valence-corrected chi connectivity index (χ4v) is 2.31. The molecule has 0 amide bonds. The predicted molar refractivity (Wildman–Crippen MR) is 69.7 cm³/mol. The van der Waals surface area contributed by atoms with Crippen molar-refractivity contribution in [3.05, 3.63) is 34.4 Å². The van der Waals surface area contributed by atoms with E-state index in [4.69, 9.17) is 10.3 Å². The average molecular weight is 297 g/mol. The van der Waals surface area contributed by atoms with Crippen molar-refractivity contribution < 1.29 is 4.52 Å². The van der Waals surface area contributed by atoms with Crippen LogP contribution in [0.25, 0.3) is 0 Å². The molecule has 0 aliphatic heterocycles. The first-order chi connectivity index (χ1) is 8.08. The summed E-state index contributed by atoms with van der Waals surface area (Å²) in [6.45, 7) is 2.50. The Balaban J connectivity index is 2.22. The number of halogens is 1. The van der Waals surface area contributed by atoms with Crippen molar-refractivity contribution in [2.45, 2.75) is 13.5 Å².